The summed E-state index contributed by atoms with van der Waals surface area (Å²) in [6.45, 7) is 3.54. The number of urea groups is 1. The standard InChI is InChI=1S/C20H22F3N3O2/c1-3-26(12-19(27)24-11-14-4-6-15(21)7-5-14)20(28)25-13(2)17-9-8-16(22)10-18(17)23/h4-10,13H,3,11-12H2,1-2H3,(H,24,27)(H,25,28). The fraction of sp³-hybridized carbons (Fsp3) is 0.300. The third-order valence-electron chi connectivity index (χ3n) is 4.18. The van der Waals surface area contributed by atoms with Gasteiger partial charge in [0.25, 0.3) is 0 Å². The molecule has 0 bridgehead atoms. The zero-order valence-corrected chi connectivity index (χ0v) is 15.6. The fourth-order valence-corrected chi connectivity index (χ4v) is 2.57. The van der Waals surface area contributed by atoms with Crippen LogP contribution in [0.25, 0.3) is 0 Å². The molecular formula is C20H22F3N3O2. The zero-order chi connectivity index (χ0) is 20.7. The first-order chi connectivity index (χ1) is 13.3. The van der Waals surface area contributed by atoms with Gasteiger partial charge in [0.2, 0.25) is 5.91 Å². The first kappa shape index (κ1) is 21.3. The van der Waals surface area contributed by atoms with Crippen LogP contribution in [0.5, 0.6) is 0 Å². The highest BCUT2D eigenvalue weighted by Crippen LogP contribution is 2.18. The van der Waals surface area contributed by atoms with Gasteiger partial charge in [0.05, 0.1) is 6.04 Å². The Labute approximate surface area is 161 Å². The average Bonchev–Trinajstić information content (AvgIpc) is 2.65. The van der Waals surface area contributed by atoms with Crippen molar-refractivity contribution in [2.45, 2.75) is 26.4 Å². The largest absolute Gasteiger partial charge is 0.350 e. The number of hydrogen-bond donors (Lipinski definition) is 2. The molecule has 0 aliphatic heterocycles. The summed E-state index contributed by atoms with van der Waals surface area (Å²) in [7, 11) is 0. The smallest absolute Gasteiger partial charge is 0.318 e. The van der Waals surface area contributed by atoms with E-state index in [0.717, 1.165) is 17.7 Å². The highest BCUT2D eigenvalue weighted by molar-refractivity contribution is 5.84. The Balaban J connectivity index is 1.89. The molecule has 0 aliphatic rings. The van der Waals surface area contributed by atoms with Crippen LogP contribution < -0.4 is 10.6 Å². The molecule has 0 fully saturated rings. The summed E-state index contributed by atoms with van der Waals surface area (Å²) in [6, 6.07) is 7.57. The van der Waals surface area contributed by atoms with E-state index in [-0.39, 0.29) is 36.9 Å². The molecule has 2 aromatic carbocycles. The molecule has 0 aliphatic carbocycles. The molecule has 0 saturated heterocycles. The second-order valence-electron chi connectivity index (χ2n) is 6.25. The van der Waals surface area contributed by atoms with Crippen molar-refractivity contribution in [3.05, 3.63) is 71.0 Å². The van der Waals surface area contributed by atoms with Crippen molar-refractivity contribution < 1.29 is 22.8 Å². The van der Waals surface area contributed by atoms with E-state index in [9.17, 15) is 22.8 Å². The van der Waals surface area contributed by atoms with Gasteiger partial charge >= 0.3 is 6.03 Å². The summed E-state index contributed by atoms with van der Waals surface area (Å²) in [5, 5.41) is 5.25. The third kappa shape index (κ3) is 6.00. The van der Waals surface area contributed by atoms with Gasteiger partial charge in [-0.1, -0.05) is 18.2 Å². The number of nitrogens with one attached hydrogen (secondary N) is 2. The highest BCUT2D eigenvalue weighted by atomic mass is 19.1. The van der Waals surface area contributed by atoms with Gasteiger partial charge in [-0.2, -0.15) is 0 Å². The van der Waals surface area contributed by atoms with E-state index in [0.29, 0.717) is 0 Å². The number of rotatable bonds is 7. The van der Waals surface area contributed by atoms with Crippen LogP contribution in [0.4, 0.5) is 18.0 Å². The zero-order valence-electron chi connectivity index (χ0n) is 15.6. The van der Waals surface area contributed by atoms with Gasteiger partial charge in [-0.15, -0.1) is 0 Å². The SMILES string of the molecule is CCN(CC(=O)NCc1ccc(F)cc1)C(=O)NC(C)c1ccc(F)cc1F. The molecule has 0 saturated carbocycles. The number of hydrogen-bond acceptors (Lipinski definition) is 2. The number of carbonyl (C=O) groups excluding carboxylic acids is 2. The molecule has 8 heteroatoms. The predicted molar refractivity (Wildman–Crippen MR) is 98.8 cm³/mol. The minimum Gasteiger partial charge on any atom is -0.350 e. The Bertz CT molecular complexity index is 828. The van der Waals surface area contributed by atoms with E-state index in [2.05, 4.69) is 10.6 Å². The van der Waals surface area contributed by atoms with Gasteiger partial charge in [0, 0.05) is 24.7 Å². The molecule has 2 rings (SSSR count). The van der Waals surface area contributed by atoms with Crippen molar-refractivity contribution in [2.75, 3.05) is 13.1 Å². The lowest BCUT2D eigenvalue weighted by Crippen LogP contribution is -2.46. The van der Waals surface area contributed by atoms with E-state index >= 15 is 0 Å². The molecule has 2 aromatic rings. The number of halogens is 3. The minimum absolute atomic E-state index is 0.145. The van der Waals surface area contributed by atoms with Crippen LogP contribution in [0, 0.1) is 17.5 Å². The summed E-state index contributed by atoms with van der Waals surface area (Å²) >= 11 is 0. The molecule has 0 heterocycles. The highest BCUT2D eigenvalue weighted by Gasteiger charge is 2.19. The van der Waals surface area contributed by atoms with Crippen molar-refractivity contribution in [1.29, 1.82) is 0 Å². The Kier molecular flexibility index (Phi) is 7.43. The summed E-state index contributed by atoms with van der Waals surface area (Å²) in [5.74, 6) is -2.21. The number of carbonyl (C=O) groups is 2. The second-order valence-corrected chi connectivity index (χ2v) is 6.25. The summed E-state index contributed by atoms with van der Waals surface area (Å²) < 4.78 is 39.7. The van der Waals surface area contributed by atoms with Crippen LogP contribution in [0.1, 0.15) is 31.0 Å². The topological polar surface area (TPSA) is 61.4 Å². The van der Waals surface area contributed by atoms with Crippen LogP contribution in [-0.4, -0.2) is 29.9 Å². The van der Waals surface area contributed by atoms with Gasteiger partial charge in [0.1, 0.15) is 24.0 Å². The van der Waals surface area contributed by atoms with Crippen LogP contribution in [0.15, 0.2) is 42.5 Å². The lowest BCUT2D eigenvalue weighted by Gasteiger charge is -2.24. The van der Waals surface area contributed by atoms with Crippen LogP contribution in [0.3, 0.4) is 0 Å². The van der Waals surface area contributed by atoms with Crippen LogP contribution in [0.2, 0.25) is 0 Å². The Morgan fingerprint density at radius 1 is 1.04 bits per heavy atom. The molecule has 3 amide bonds. The number of amides is 3. The van der Waals surface area contributed by atoms with E-state index in [4.69, 9.17) is 0 Å². The Hall–Kier alpha value is -3.03. The van der Waals surface area contributed by atoms with Crippen molar-refractivity contribution in [2.24, 2.45) is 0 Å². The van der Waals surface area contributed by atoms with Crippen molar-refractivity contribution >= 4 is 11.9 Å². The molecule has 150 valence electrons. The number of likely N-dealkylation sites (N-methyl/N-ethyl adjacent to an activating group) is 1. The normalized spacial score (nSPS) is 11.6. The van der Waals surface area contributed by atoms with Gasteiger partial charge < -0.3 is 15.5 Å². The first-order valence-electron chi connectivity index (χ1n) is 8.81. The van der Waals surface area contributed by atoms with Gasteiger partial charge in [-0.05, 0) is 37.6 Å². The van der Waals surface area contributed by atoms with Gasteiger partial charge in [-0.25, -0.2) is 18.0 Å². The van der Waals surface area contributed by atoms with Gasteiger partial charge in [0.15, 0.2) is 0 Å². The molecule has 2 N–H and O–H groups in total. The summed E-state index contributed by atoms with van der Waals surface area (Å²) in [5.41, 5.74) is 0.870. The van der Waals surface area contributed by atoms with Crippen molar-refractivity contribution in [3.8, 4) is 0 Å². The number of nitrogens with zero attached hydrogens (tertiary/aromatic N) is 1. The van der Waals surface area contributed by atoms with Crippen LogP contribution >= 0.6 is 0 Å². The van der Waals surface area contributed by atoms with Gasteiger partial charge in [-0.3, -0.25) is 4.79 Å². The Morgan fingerprint density at radius 3 is 2.29 bits per heavy atom. The lowest BCUT2D eigenvalue weighted by molar-refractivity contribution is -0.121. The molecule has 1 unspecified atom stereocenters. The molecule has 0 radical (unpaired) electrons. The van der Waals surface area contributed by atoms with E-state index < -0.39 is 23.7 Å². The average molecular weight is 393 g/mol. The summed E-state index contributed by atoms with van der Waals surface area (Å²) in [6.07, 6.45) is 0. The molecule has 0 aromatic heterocycles. The lowest BCUT2D eigenvalue weighted by atomic mass is 10.1. The second kappa shape index (κ2) is 9.77. The Morgan fingerprint density at radius 2 is 1.68 bits per heavy atom. The summed E-state index contributed by atoms with van der Waals surface area (Å²) in [4.78, 5) is 25.7. The van der Waals surface area contributed by atoms with Crippen molar-refractivity contribution in [3.63, 3.8) is 0 Å². The first-order valence-corrected chi connectivity index (χ1v) is 8.81. The maximum Gasteiger partial charge on any atom is 0.318 e. The molecule has 5 nitrogen and oxygen atoms in total. The third-order valence-corrected chi connectivity index (χ3v) is 4.18. The molecule has 28 heavy (non-hydrogen) atoms. The minimum atomic E-state index is -0.757. The molecule has 1 atom stereocenters. The molecule has 0 spiro atoms. The maximum atomic E-state index is 13.8. The number of benzene rings is 2. The maximum absolute atomic E-state index is 13.8. The molecular weight excluding hydrogens is 371 g/mol. The monoisotopic (exact) mass is 393 g/mol. The predicted octanol–water partition coefficient (Wildman–Crippen LogP) is 3.51. The van der Waals surface area contributed by atoms with E-state index in [1.54, 1.807) is 26.0 Å². The van der Waals surface area contributed by atoms with Crippen LogP contribution in [-0.2, 0) is 11.3 Å². The van der Waals surface area contributed by atoms with E-state index in [1.165, 1.54) is 23.1 Å². The van der Waals surface area contributed by atoms with E-state index in [1.807, 2.05) is 0 Å². The quantitative estimate of drug-likeness (QED) is 0.756. The fourth-order valence-electron chi connectivity index (χ4n) is 2.57. The van der Waals surface area contributed by atoms with Crippen molar-refractivity contribution in [1.82, 2.24) is 15.5 Å².